The summed E-state index contributed by atoms with van der Waals surface area (Å²) in [6, 6.07) is 8.16. The summed E-state index contributed by atoms with van der Waals surface area (Å²) in [6.07, 6.45) is 7.92. The Kier molecular flexibility index (Phi) is 5.70. The normalized spacial score (nSPS) is 21.2. The van der Waals surface area contributed by atoms with Crippen LogP contribution in [0.2, 0.25) is 0 Å². The number of sulfonamides is 1. The maximum Gasteiger partial charge on any atom is 0.211 e. The molecular formula is C17H25N5O2S. The largest absolute Gasteiger partial charge is 0.366 e. The molecule has 0 unspecified atom stereocenters. The van der Waals surface area contributed by atoms with Crippen molar-refractivity contribution in [2.45, 2.75) is 38.6 Å². The van der Waals surface area contributed by atoms with Crippen molar-refractivity contribution >= 4 is 15.8 Å². The van der Waals surface area contributed by atoms with Crippen LogP contribution < -0.4 is 10.0 Å². The van der Waals surface area contributed by atoms with Crippen LogP contribution in [0.3, 0.4) is 0 Å². The Morgan fingerprint density at radius 3 is 2.44 bits per heavy atom. The summed E-state index contributed by atoms with van der Waals surface area (Å²) in [5.74, 6) is 2.14. The Labute approximate surface area is 148 Å². The molecule has 0 atom stereocenters. The molecule has 0 spiro atoms. The SMILES string of the molecule is CCS(=O)(=O)NC[C@H]1CC[C@H](Nc2ccc(-n3cccc3)nn2)CC1. The van der Waals surface area contributed by atoms with Crippen molar-refractivity contribution in [3.05, 3.63) is 36.7 Å². The molecule has 0 bridgehead atoms. The van der Waals surface area contributed by atoms with E-state index in [9.17, 15) is 8.42 Å². The molecule has 0 saturated heterocycles. The molecule has 1 aliphatic carbocycles. The molecule has 0 radical (unpaired) electrons. The highest BCUT2D eigenvalue weighted by molar-refractivity contribution is 7.89. The summed E-state index contributed by atoms with van der Waals surface area (Å²) in [4.78, 5) is 0. The molecule has 136 valence electrons. The van der Waals surface area contributed by atoms with Crippen molar-refractivity contribution in [2.24, 2.45) is 5.92 Å². The summed E-state index contributed by atoms with van der Waals surface area (Å²) in [7, 11) is -3.09. The number of nitrogens with one attached hydrogen (secondary N) is 2. The summed E-state index contributed by atoms with van der Waals surface area (Å²) in [5.41, 5.74) is 0. The predicted octanol–water partition coefficient (Wildman–Crippen LogP) is 2.18. The molecule has 2 heterocycles. The van der Waals surface area contributed by atoms with Gasteiger partial charge in [-0.2, -0.15) is 0 Å². The van der Waals surface area contributed by atoms with E-state index < -0.39 is 10.0 Å². The van der Waals surface area contributed by atoms with Gasteiger partial charge in [-0.3, -0.25) is 0 Å². The number of hydrogen-bond donors (Lipinski definition) is 2. The fourth-order valence-corrected chi connectivity index (χ4v) is 3.79. The molecule has 0 aromatic carbocycles. The van der Waals surface area contributed by atoms with Gasteiger partial charge in [-0.05, 0) is 62.8 Å². The molecule has 2 aromatic rings. The van der Waals surface area contributed by atoms with E-state index in [1.807, 2.05) is 41.2 Å². The van der Waals surface area contributed by atoms with Gasteiger partial charge >= 0.3 is 0 Å². The maximum atomic E-state index is 11.5. The Morgan fingerprint density at radius 2 is 1.84 bits per heavy atom. The van der Waals surface area contributed by atoms with Crippen LogP contribution in [-0.4, -0.2) is 41.5 Å². The third-order valence-corrected chi connectivity index (χ3v) is 6.06. The summed E-state index contributed by atoms with van der Waals surface area (Å²) < 4.78 is 27.6. The van der Waals surface area contributed by atoms with E-state index >= 15 is 0 Å². The van der Waals surface area contributed by atoms with Gasteiger partial charge in [0.05, 0.1) is 5.75 Å². The molecule has 25 heavy (non-hydrogen) atoms. The first-order valence-electron chi connectivity index (χ1n) is 8.76. The molecule has 2 aromatic heterocycles. The molecule has 0 aliphatic heterocycles. The van der Waals surface area contributed by atoms with Crippen LogP contribution in [0.1, 0.15) is 32.6 Å². The second kappa shape index (κ2) is 7.97. The van der Waals surface area contributed by atoms with Crippen molar-refractivity contribution in [3.63, 3.8) is 0 Å². The van der Waals surface area contributed by atoms with Gasteiger partial charge in [-0.15, -0.1) is 10.2 Å². The van der Waals surface area contributed by atoms with E-state index in [2.05, 4.69) is 20.2 Å². The quantitative estimate of drug-likeness (QED) is 0.787. The molecule has 0 amide bonds. The van der Waals surface area contributed by atoms with Crippen LogP contribution in [0.25, 0.3) is 5.82 Å². The van der Waals surface area contributed by atoms with E-state index in [1.165, 1.54) is 0 Å². The van der Waals surface area contributed by atoms with Gasteiger partial charge in [0.15, 0.2) is 5.82 Å². The second-order valence-electron chi connectivity index (χ2n) is 6.48. The van der Waals surface area contributed by atoms with Crippen molar-refractivity contribution in [2.75, 3.05) is 17.6 Å². The first kappa shape index (κ1) is 17.9. The van der Waals surface area contributed by atoms with E-state index in [-0.39, 0.29) is 5.75 Å². The standard InChI is InChI=1S/C17H25N5O2S/c1-2-25(23,24)18-13-14-5-7-15(8-6-14)19-16-9-10-17(21-20-16)22-11-3-4-12-22/h3-4,9-12,14-15,18H,2,5-8,13H2,1H3,(H,19,20)/t14-,15-. The fraction of sp³-hybridized carbons (Fsp3) is 0.529. The fourth-order valence-electron chi connectivity index (χ4n) is 3.09. The molecule has 1 saturated carbocycles. The molecular weight excluding hydrogens is 338 g/mol. The third-order valence-electron chi connectivity index (χ3n) is 4.69. The topological polar surface area (TPSA) is 88.9 Å². The van der Waals surface area contributed by atoms with Gasteiger partial charge < -0.3 is 9.88 Å². The van der Waals surface area contributed by atoms with Gasteiger partial charge in [0, 0.05) is 25.0 Å². The molecule has 1 fully saturated rings. The lowest BCUT2D eigenvalue weighted by Crippen LogP contribution is -2.34. The summed E-state index contributed by atoms with van der Waals surface area (Å²) >= 11 is 0. The van der Waals surface area contributed by atoms with E-state index in [4.69, 9.17) is 0 Å². The van der Waals surface area contributed by atoms with Gasteiger partial charge in [-0.1, -0.05) is 0 Å². The average Bonchev–Trinajstić information content (AvgIpc) is 3.17. The highest BCUT2D eigenvalue weighted by Gasteiger charge is 2.22. The molecule has 7 nitrogen and oxygen atoms in total. The van der Waals surface area contributed by atoms with E-state index in [0.29, 0.717) is 18.5 Å². The first-order chi connectivity index (χ1) is 12.1. The summed E-state index contributed by atoms with van der Waals surface area (Å²) in [6.45, 7) is 2.21. The number of aromatic nitrogens is 3. The first-order valence-corrected chi connectivity index (χ1v) is 10.4. The lowest BCUT2D eigenvalue weighted by atomic mass is 9.86. The van der Waals surface area contributed by atoms with Crippen LogP contribution in [0.5, 0.6) is 0 Å². The average molecular weight is 363 g/mol. The van der Waals surface area contributed by atoms with Gasteiger partial charge in [-0.25, -0.2) is 13.1 Å². The van der Waals surface area contributed by atoms with Gasteiger partial charge in [0.25, 0.3) is 0 Å². The summed E-state index contributed by atoms with van der Waals surface area (Å²) in [5, 5.41) is 11.9. The third kappa shape index (κ3) is 5.02. The van der Waals surface area contributed by atoms with E-state index in [1.54, 1.807) is 6.92 Å². The molecule has 2 N–H and O–H groups in total. The highest BCUT2D eigenvalue weighted by atomic mass is 32.2. The molecule has 1 aliphatic rings. The zero-order valence-corrected chi connectivity index (χ0v) is 15.2. The predicted molar refractivity (Wildman–Crippen MR) is 98.2 cm³/mol. The Bertz CT molecular complexity index is 751. The minimum Gasteiger partial charge on any atom is -0.366 e. The van der Waals surface area contributed by atoms with Crippen molar-refractivity contribution in [1.29, 1.82) is 0 Å². The maximum absolute atomic E-state index is 11.5. The Balaban J connectivity index is 1.46. The highest BCUT2D eigenvalue weighted by Crippen LogP contribution is 2.26. The van der Waals surface area contributed by atoms with Gasteiger partial charge in [0.2, 0.25) is 10.0 Å². The zero-order valence-electron chi connectivity index (χ0n) is 14.4. The van der Waals surface area contributed by atoms with Crippen LogP contribution in [0, 0.1) is 5.92 Å². The lowest BCUT2D eigenvalue weighted by molar-refractivity contribution is 0.337. The van der Waals surface area contributed by atoms with Crippen LogP contribution in [0.4, 0.5) is 5.82 Å². The minimum atomic E-state index is -3.09. The van der Waals surface area contributed by atoms with Crippen LogP contribution in [0.15, 0.2) is 36.7 Å². The Hall–Kier alpha value is -1.93. The lowest BCUT2D eigenvalue weighted by Gasteiger charge is -2.29. The van der Waals surface area contributed by atoms with Crippen molar-refractivity contribution in [1.82, 2.24) is 19.5 Å². The molecule has 8 heteroatoms. The number of rotatable bonds is 7. The number of hydrogen-bond acceptors (Lipinski definition) is 5. The zero-order chi connectivity index (χ0) is 17.7. The number of nitrogens with zero attached hydrogens (tertiary/aromatic N) is 3. The van der Waals surface area contributed by atoms with Crippen LogP contribution >= 0.6 is 0 Å². The molecule has 3 rings (SSSR count). The van der Waals surface area contributed by atoms with Crippen molar-refractivity contribution < 1.29 is 8.42 Å². The Morgan fingerprint density at radius 1 is 1.12 bits per heavy atom. The van der Waals surface area contributed by atoms with Gasteiger partial charge in [0.1, 0.15) is 5.82 Å². The minimum absolute atomic E-state index is 0.140. The van der Waals surface area contributed by atoms with Crippen molar-refractivity contribution in [3.8, 4) is 5.82 Å². The monoisotopic (exact) mass is 363 g/mol. The number of anilines is 1. The smallest absolute Gasteiger partial charge is 0.211 e. The van der Waals surface area contributed by atoms with Crippen LogP contribution in [-0.2, 0) is 10.0 Å². The second-order valence-corrected chi connectivity index (χ2v) is 8.58. The van der Waals surface area contributed by atoms with E-state index in [0.717, 1.165) is 37.3 Å².